The van der Waals surface area contributed by atoms with Gasteiger partial charge in [-0.25, -0.2) is 0 Å². The number of carbonyl (C=O) groups is 2. The number of unbranched alkanes of at least 4 members (excludes halogenated alkanes) is 19. The van der Waals surface area contributed by atoms with Crippen molar-refractivity contribution in [3.8, 4) is 0 Å². The molecule has 2 unspecified atom stereocenters. The van der Waals surface area contributed by atoms with Gasteiger partial charge in [0.15, 0.2) is 12.4 Å². The standard InChI is InChI=1S/C45H80O12S/c1-3-5-7-9-11-13-15-17-19-21-23-25-27-29-31-33-40(46)54-35-38(36-55-45-44(50)43(49)42(48)39(57-45)37-58(51,52)53)56-41(47)34-32-30-28-26-24-22-20-18-16-14-12-10-8-6-4-2/h9,11,18,20,24,26,38-39,42-45,48-50H,3-8,10,12-17,19,21-23,25,27-37H2,1-2H3,(H,51,52,53)/b11-9+,20-18+,26-24+/t38-,39-,42-,43?,44?,45+/m1/s1. The summed E-state index contributed by atoms with van der Waals surface area (Å²) in [5, 5.41) is 30.9. The first-order valence-electron chi connectivity index (χ1n) is 22.5. The zero-order chi connectivity index (χ0) is 42.7. The Hall–Kier alpha value is -2.13. The number of hydrogen-bond donors (Lipinski definition) is 4. The van der Waals surface area contributed by atoms with E-state index >= 15 is 0 Å². The van der Waals surface area contributed by atoms with Gasteiger partial charge in [-0.1, -0.05) is 140 Å². The molecule has 0 aromatic heterocycles. The second-order valence-electron chi connectivity index (χ2n) is 15.7. The molecule has 0 aromatic rings. The molecule has 6 atom stereocenters. The molecule has 0 aromatic carbocycles. The van der Waals surface area contributed by atoms with E-state index in [1.165, 1.54) is 96.3 Å². The number of hydrogen-bond acceptors (Lipinski definition) is 11. The zero-order valence-corrected chi connectivity index (χ0v) is 36.7. The highest BCUT2D eigenvalue weighted by atomic mass is 32.2. The Morgan fingerprint density at radius 1 is 0.586 bits per heavy atom. The Bertz CT molecular complexity index is 1220. The van der Waals surface area contributed by atoms with Crippen LogP contribution in [0, 0.1) is 0 Å². The average Bonchev–Trinajstić information content (AvgIpc) is 3.18. The zero-order valence-electron chi connectivity index (χ0n) is 35.9. The number of ether oxygens (including phenoxy) is 4. The van der Waals surface area contributed by atoms with Crippen LogP contribution in [-0.2, 0) is 38.7 Å². The van der Waals surface area contributed by atoms with E-state index in [2.05, 4.69) is 50.3 Å². The van der Waals surface area contributed by atoms with Crippen LogP contribution in [0.1, 0.15) is 181 Å². The second kappa shape index (κ2) is 35.6. The van der Waals surface area contributed by atoms with Gasteiger partial charge in [0.1, 0.15) is 36.8 Å². The highest BCUT2D eigenvalue weighted by molar-refractivity contribution is 7.85. The lowest BCUT2D eigenvalue weighted by Crippen LogP contribution is -2.60. The molecule has 12 nitrogen and oxygen atoms in total. The lowest BCUT2D eigenvalue weighted by molar-refractivity contribution is -0.297. The number of allylic oxidation sites excluding steroid dienone is 6. The van der Waals surface area contributed by atoms with Gasteiger partial charge in [0.2, 0.25) is 0 Å². The first kappa shape index (κ1) is 53.9. The van der Waals surface area contributed by atoms with Crippen molar-refractivity contribution in [1.82, 2.24) is 0 Å². The minimum Gasteiger partial charge on any atom is -0.462 e. The lowest BCUT2D eigenvalue weighted by Gasteiger charge is -2.40. The largest absolute Gasteiger partial charge is 0.462 e. The summed E-state index contributed by atoms with van der Waals surface area (Å²) in [6.45, 7) is 3.69. The first-order valence-corrected chi connectivity index (χ1v) is 24.2. The van der Waals surface area contributed by atoms with Crippen molar-refractivity contribution in [2.24, 2.45) is 0 Å². The second-order valence-corrected chi connectivity index (χ2v) is 17.2. The molecule has 1 aliphatic heterocycles. The van der Waals surface area contributed by atoms with E-state index in [0.29, 0.717) is 12.8 Å². The Morgan fingerprint density at radius 2 is 1.05 bits per heavy atom. The SMILES string of the molecule is CCCC/C=C/CCCCCCCCCCCC(=O)OC[C@H](CO[C@H]1O[C@H](CS(=O)(=O)O)[C@@H](O)C(O)C1O)OC(=O)CCCC/C=C/C/C=C/CCCCCCCC. The van der Waals surface area contributed by atoms with Crippen molar-refractivity contribution < 1.29 is 56.8 Å². The minimum absolute atomic E-state index is 0.122. The molecule has 0 bridgehead atoms. The van der Waals surface area contributed by atoms with Crippen LogP contribution >= 0.6 is 0 Å². The summed E-state index contributed by atoms with van der Waals surface area (Å²) in [7, 11) is -4.60. The maximum absolute atomic E-state index is 12.8. The van der Waals surface area contributed by atoms with Gasteiger partial charge in [0.25, 0.3) is 10.1 Å². The Morgan fingerprint density at radius 3 is 1.62 bits per heavy atom. The van der Waals surface area contributed by atoms with Crippen LogP contribution in [0.15, 0.2) is 36.5 Å². The van der Waals surface area contributed by atoms with Gasteiger partial charge in [0, 0.05) is 12.8 Å². The Kier molecular flexibility index (Phi) is 33.1. The van der Waals surface area contributed by atoms with E-state index < -0.39 is 71.2 Å². The summed E-state index contributed by atoms with van der Waals surface area (Å²) < 4.78 is 54.0. The van der Waals surface area contributed by atoms with Crippen molar-refractivity contribution in [3.05, 3.63) is 36.5 Å². The third-order valence-corrected chi connectivity index (χ3v) is 10.9. The van der Waals surface area contributed by atoms with Crippen LogP contribution in [0.5, 0.6) is 0 Å². The van der Waals surface area contributed by atoms with E-state index in [0.717, 1.165) is 44.9 Å². The maximum Gasteiger partial charge on any atom is 0.306 e. The minimum atomic E-state index is -4.60. The van der Waals surface area contributed by atoms with Gasteiger partial charge in [-0.3, -0.25) is 14.1 Å². The van der Waals surface area contributed by atoms with Crippen LogP contribution in [0.25, 0.3) is 0 Å². The molecule has 0 radical (unpaired) electrons. The molecule has 338 valence electrons. The third-order valence-electron chi connectivity index (χ3n) is 10.2. The molecular weight excluding hydrogens is 765 g/mol. The summed E-state index contributed by atoms with van der Waals surface area (Å²) in [4.78, 5) is 25.4. The van der Waals surface area contributed by atoms with Crippen LogP contribution in [0.4, 0.5) is 0 Å². The normalized spacial score (nSPS) is 20.7. The summed E-state index contributed by atoms with van der Waals surface area (Å²) in [5.41, 5.74) is 0. The predicted octanol–water partition coefficient (Wildman–Crippen LogP) is 9.00. The highest BCUT2D eigenvalue weighted by Crippen LogP contribution is 2.24. The van der Waals surface area contributed by atoms with Crippen LogP contribution < -0.4 is 0 Å². The molecule has 0 aliphatic carbocycles. The monoisotopic (exact) mass is 845 g/mol. The topological polar surface area (TPSA) is 186 Å². The molecule has 1 aliphatic rings. The molecule has 0 spiro atoms. The molecule has 1 fully saturated rings. The number of esters is 2. The Balaban J connectivity index is 2.48. The summed E-state index contributed by atoms with van der Waals surface area (Å²) in [5.74, 6) is -2.03. The maximum atomic E-state index is 12.8. The van der Waals surface area contributed by atoms with E-state index in [-0.39, 0.29) is 19.4 Å². The van der Waals surface area contributed by atoms with Gasteiger partial charge < -0.3 is 34.3 Å². The van der Waals surface area contributed by atoms with Crippen molar-refractivity contribution in [3.63, 3.8) is 0 Å². The van der Waals surface area contributed by atoms with Crippen molar-refractivity contribution >= 4 is 22.1 Å². The number of carbonyl (C=O) groups excluding carboxylic acids is 2. The fraction of sp³-hybridized carbons (Fsp3) is 0.822. The van der Waals surface area contributed by atoms with Crippen LogP contribution in [0.3, 0.4) is 0 Å². The summed E-state index contributed by atoms with van der Waals surface area (Å²) in [6, 6.07) is 0. The van der Waals surface area contributed by atoms with Gasteiger partial charge in [-0.2, -0.15) is 8.42 Å². The van der Waals surface area contributed by atoms with E-state index in [4.69, 9.17) is 18.9 Å². The highest BCUT2D eigenvalue weighted by Gasteiger charge is 2.46. The van der Waals surface area contributed by atoms with Crippen LogP contribution in [-0.4, -0.2) is 96.0 Å². The number of aliphatic hydroxyl groups is 3. The molecule has 1 saturated heterocycles. The average molecular weight is 845 g/mol. The van der Waals surface area contributed by atoms with Gasteiger partial charge >= 0.3 is 11.9 Å². The van der Waals surface area contributed by atoms with Gasteiger partial charge in [-0.05, 0) is 64.2 Å². The van der Waals surface area contributed by atoms with Gasteiger partial charge in [-0.15, -0.1) is 0 Å². The third kappa shape index (κ3) is 30.0. The molecule has 0 amide bonds. The first-order chi connectivity index (χ1) is 28.0. The molecular formula is C45H80O12S. The quantitative estimate of drug-likeness (QED) is 0.0202. The summed E-state index contributed by atoms with van der Waals surface area (Å²) >= 11 is 0. The molecule has 0 saturated carbocycles. The number of rotatable bonds is 37. The fourth-order valence-corrected chi connectivity index (χ4v) is 7.32. The molecule has 4 N–H and O–H groups in total. The molecule has 13 heteroatoms. The number of aliphatic hydroxyl groups excluding tert-OH is 3. The van der Waals surface area contributed by atoms with E-state index in [9.17, 15) is 37.9 Å². The summed E-state index contributed by atoms with van der Waals surface area (Å²) in [6.07, 6.45) is 30.5. The molecule has 1 heterocycles. The fourth-order valence-electron chi connectivity index (χ4n) is 6.63. The van der Waals surface area contributed by atoms with Crippen molar-refractivity contribution in [1.29, 1.82) is 0 Å². The Labute approximate surface area is 351 Å². The molecule has 58 heavy (non-hydrogen) atoms. The molecule has 1 rings (SSSR count). The predicted molar refractivity (Wildman–Crippen MR) is 229 cm³/mol. The van der Waals surface area contributed by atoms with Gasteiger partial charge in [0.05, 0.1) is 6.61 Å². The van der Waals surface area contributed by atoms with Crippen molar-refractivity contribution in [2.45, 2.75) is 218 Å². The lowest BCUT2D eigenvalue weighted by atomic mass is 10.00. The van der Waals surface area contributed by atoms with Crippen LogP contribution in [0.2, 0.25) is 0 Å². The van der Waals surface area contributed by atoms with E-state index in [1.807, 2.05) is 0 Å². The smallest absolute Gasteiger partial charge is 0.306 e. The van der Waals surface area contributed by atoms with E-state index in [1.54, 1.807) is 0 Å². The van der Waals surface area contributed by atoms with Crippen molar-refractivity contribution in [2.75, 3.05) is 19.0 Å².